The Balaban J connectivity index is 2.17. The van der Waals surface area contributed by atoms with Crippen LogP contribution in [0, 0.1) is 0 Å². The van der Waals surface area contributed by atoms with Gasteiger partial charge in [-0.15, -0.1) is 0 Å². The number of ether oxygens (including phenoxy) is 2. The van der Waals surface area contributed by atoms with Gasteiger partial charge in [0.2, 0.25) is 0 Å². The number of hydrogen-bond donors (Lipinski definition) is 1. The van der Waals surface area contributed by atoms with Crippen molar-refractivity contribution in [3.05, 3.63) is 30.3 Å². The molecule has 1 atom stereocenters. The van der Waals surface area contributed by atoms with E-state index < -0.39 is 18.4 Å². The molecule has 1 aromatic carbocycles. The fourth-order valence-electron chi connectivity index (χ4n) is 1.99. The van der Waals surface area contributed by atoms with Gasteiger partial charge in [0.25, 0.3) is 5.91 Å². The second-order valence-corrected chi connectivity index (χ2v) is 4.52. The maximum absolute atomic E-state index is 13.2. The highest BCUT2D eigenvalue weighted by Gasteiger charge is 2.51. The van der Waals surface area contributed by atoms with Crippen LogP contribution in [-0.4, -0.2) is 25.0 Å². The molecule has 0 saturated carbocycles. The maximum atomic E-state index is 13.2. The summed E-state index contributed by atoms with van der Waals surface area (Å²) in [4.78, 5) is 0. The van der Waals surface area contributed by atoms with Gasteiger partial charge in [-0.3, -0.25) is 10.1 Å². The summed E-state index contributed by atoms with van der Waals surface area (Å²) in [5.41, 5.74) is 0. The summed E-state index contributed by atoms with van der Waals surface area (Å²) >= 11 is 0. The van der Waals surface area contributed by atoms with Crippen LogP contribution in [0.2, 0.25) is 0 Å². The Hall–Kier alpha value is -1.34. The number of hydrogen-bond acceptors (Lipinski definition) is 3. The van der Waals surface area contributed by atoms with Crippen LogP contribution < -0.4 is 10.1 Å². The minimum absolute atomic E-state index is 0.0597. The van der Waals surface area contributed by atoms with Crippen molar-refractivity contribution < 1.29 is 27.0 Å². The van der Waals surface area contributed by atoms with E-state index in [1.54, 1.807) is 30.3 Å². The SMILES string of the molecule is FC(F)C(F)(F)OC1(Oc2ccccc2)CCCCN1. The van der Waals surface area contributed by atoms with Gasteiger partial charge in [-0.2, -0.15) is 8.78 Å². The summed E-state index contributed by atoms with van der Waals surface area (Å²) in [6.45, 7) is 0.353. The summed E-state index contributed by atoms with van der Waals surface area (Å²) in [5.74, 6) is -1.66. The molecular formula is C13H15F4NO2. The molecule has 0 amide bonds. The predicted octanol–water partition coefficient (Wildman–Crippen LogP) is 3.37. The van der Waals surface area contributed by atoms with Crippen molar-refractivity contribution in [2.75, 3.05) is 6.54 Å². The van der Waals surface area contributed by atoms with E-state index in [0.29, 0.717) is 13.0 Å². The highest BCUT2D eigenvalue weighted by Crippen LogP contribution is 2.34. The minimum atomic E-state index is -4.57. The van der Waals surface area contributed by atoms with Gasteiger partial charge in [0.05, 0.1) is 0 Å². The molecule has 7 heteroatoms. The molecule has 1 N–H and O–H groups in total. The lowest BCUT2D eigenvalue weighted by atomic mass is 10.1. The smallest absolute Gasteiger partial charge is 0.420 e. The molecular weight excluding hydrogens is 278 g/mol. The Kier molecular flexibility index (Phi) is 4.49. The predicted molar refractivity (Wildman–Crippen MR) is 63.7 cm³/mol. The number of rotatable bonds is 5. The van der Waals surface area contributed by atoms with Crippen molar-refractivity contribution in [2.45, 2.75) is 37.7 Å². The van der Waals surface area contributed by atoms with Gasteiger partial charge < -0.3 is 4.74 Å². The fourth-order valence-corrected chi connectivity index (χ4v) is 1.99. The third-order valence-electron chi connectivity index (χ3n) is 2.91. The molecule has 20 heavy (non-hydrogen) atoms. The molecule has 0 aromatic heterocycles. The van der Waals surface area contributed by atoms with Gasteiger partial charge in [0, 0.05) is 13.0 Å². The summed E-state index contributed by atoms with van der Waals surface area (Å²) in [6, 6.07) is 8.11. The molecule has 1 aliphatic rings. The number of benzene rings is 1. The van der Waals surface area contributed by atoms with Gasteiger partial charge in [-0.25, -0.2) is 8.78 Å². The normalized spacial score (nSPS) is 23.9. The average molecular weight is 293 g/mol. The Bertz CT molecular complexity index is 422. The average Bonchev–Trinajstić information content (AvgIpc) is 2.40. The van der Waals surface area contributed by atoms with Crippen molar-refractivity contribution in [3.63, 3.8) is 0 Å². The lowest BCUT2D eigenvalue weighted by molar-refractivity contribution is -0.392. The fraction of sp³-hybridized carbons (Fsp3) is 0.538. The van der Waals surface area contributed by atoms with Gasteiger partial charge in [0.15, 0.2) is 0 Å². The first kappa shape index (κ1) is 15.1. The monoisotopic (exact) mass is 293 g/mol. The number of piperidine rings is 1. The first-order valence-electron chi connectivity index (χ1n) is 6.29. The van der Waals surface area contributed by atoms with Crippen LogP contribution in [0.5, 0.6) is 5.75 Å². The molecule has 0 bridgehead atoms. The Labute approximate surface area is 113 Å². The highest BCUT2D eigenvalue weighted by molar-refractivity contribution is 5.21. The lowest BCUT2D eigenvalue weighted by Crippen LogP contribution is -2.59. The number of alkyl halides is 4. The zero-order chi connectivity index (χ0) is 14.6. The molecule has 1 heterocycles. The van der Waals surface area contributed by atoms with E-state index in [4.69, 9.17) is 4.74 Å². The second kappa shape index (κ2) is 5.97. The Morgan fingerprint density at radius 2 is 1.85 bits per heavy atom. The van der Waals surface area contributed by atoms with E-state index in [0.717, 1.165) is 6.42 Å². The molecule has 3 nitrogen and oxygen atoms in total. The largest absolute Gasteiger partial charge is 0.449 e. The third kappa shape index (κ3) is 3.61. The first-order chi connectivity index (χ1) is 9.44. The van der Waals surface area contributed by atoms with Crippen LogP contribution in [0.15, 0.2) is 30.3 Å². The quantitative estimate of drug-likeness (QED) is 0.667. The highest BCUT2D eigenvalue weighted by atomic mass is 19.3. The summed E-state index contributed by atoms with van der Waals surface area (Å²) in [7, 11) is 0. The van der Waals surface area contributed by atoms with Gasteiger partial charge in [0.1, 0.15) is 5.75 Å². The van der Waals surface area contributed by atoms with Crippen LogP contribution in [0.1, 0.15) is 19.3 Å². The van der Waals surface area contributed by atoms with Crippen LogP contribution >= 0.6 is 0 Å². The summed E-state index contributed by atoms with van der Waals surface area (Å²) in [6.07, 6.45) is -7.14. The molecule has 0 spiro atoms. The van der Waals surface area contributed by atoms with Crippen molar-refractivity contribution in [3.8, 4) is 5.75 Å². The van der Waals surface area contributed by atoms with E-state index >= 15 is 0 Å². The molecule has 1 unspecified atom stereocenters. The van der Waals surface area contributed by atoms with E-state index in [-0.39, 0.29) is 12.2 Å². The van der Waals surface area contributed by atoms with Crippen molar-refractivity contribution in [1.82, 2.24) is 5.32 Å². The lowest BCUT2D eigenvalue weighted by Gasteiger charge is -2.39. The van der Waals surface area contributed by atoms with Crippen LogP contribution in [0.25, 0.3) is 0 Å². The number of halogens is 4. The summed E-state index contributed by atoms with van der Waals surface area (Å²) < 4.78 is 60.7. The summed E-state index contributed by atoms with van der Waals surface area (Å²) in [5, 5.41) is 2.63. The second-order valence-electron chi connectivity index (χ2n) is 4.52. The van der Waals surface area contributed by atoms with Crippen LogP contribution in [0.3, 0.4) is 0 Å². The Morgan fingerprint density at radius 1 is 1.15 bits per heavy atom. The molecule has 1 aliphatic heterocycles. The molecule has 0 radical (unpaired) electrons. The van der Waals surface area contributed by atoms with E-state index in [9.17, 15) is 17.6 Å². The standard InChI is InChI=1S/C13H15F4NO2/c14-11(15)13(16,17)20-12(8-4-5-9-18-12)19-10-6-2-1-3-7-10/h1-3,6-7,11,18H,4-5,8-9H2. The van der Waals surface area contributed by atoms with Crippen molar-refractivity contribution >= 4 is 0 Å². The third-order valence-corrected chi connectivity index (χ3v) is 2.91. The number of para-hydroxylation sites is 1. The molecule has 1 aromatic rings. The minimum Gasteiger partial charge on any atom is -0.449 e. The molecule has 1 saturated heterocycles. The molecule has 0 aliphatic carbocycles. The zero-order valence-electron chi connectivity index (χ0n) is 10.6. The van der Waals surface area contributed by atoms with Gasteiger partial charge in [-0.1, -0.05) is 18.2 Å². The van der Waals surface area contributed by atoms with Crippen molar-refractivity contribution in [2.24, 2.45) is 0 Å². The van der Waals surface area contributed by atoms with Gasteiger partial charge in [-0.05, 0) is 25.0 Å². The molecule has 112 valence electrons. The van der Waals surface area contributed by atoms with Crippen LogP contribution in [-0.2, 0) is 4.74 Å². The van der Waals surface area contributed by atoms with Crippen LogP contribution in [0.4, 0.5) is 17.6 Å². The van der Waals surface area contributed by atoms with E-state index in [1.807, 2.05) is 0 Å². The molecule has 1 fully saturated rings. The maximum Gasteiger partial charge on any atom is 0.420 e. The first-order valence-corrected chi connectivity index (χ1v) is 6.29. The van der Waals surface area contributed by atoms with Gasteiger partial charge >= 0.3 is 12.5 Å². The topological polar surface area (TPSA) is 30.5 Å². The molecule has 2 rings (SSSR count). The van der Waals surface area contributed by atoms with E-state index in [2.05, 4.69) is 10.1 Å². The number of nitrogens with one attached hydrogen (secondary N) is 1. The van der Waals surface area contributed by atoms with E-state index in [1.165, 1.54) is 0 Å². The Morgan fingerprint density at radius 3 is 2.40 bits per heavy atom. The van der Waals surface area contributed by atoms with Crippen molar-refractivity contribution in [1.29, 1.82) is 0 Å². The zero-order valence-corrected chi connectivity index (χ0v) is 10.6.